The summed E-state index contributed by atoms with van der Waals surface area (Å²) in [6.45, 7) is -0.130. The Bertz CT molecular complexity index is 737. The molecule has 138 valence electrons. The lowest BCUT2D eigenvalue weighted by atomic mass is 10.2. The Morgan fingerprint density at radius 3 is 2.76 bits per heavy atom. The summed E-state index contributed by atoms with van der Waals surface area (Å²) < 4.78 is 36.3. The van der Waals surface area contributed by atoms with Gasteiger partial charge in [0, 0.05) is 12.2 Å². The number of carbonyl (C=O) groups excluding carboxylic acids is 2. The van der Waals surface area contributed by atoms with Crippen LogP contribution in [0.4, 0.5) is 5.69 Å². The van der Waals surface area contributed by atoms with E-state index in [4.69, 9.17) is 10.5 Å². The zero-order chi connectivity index (χ0) is 18.4. The van der Waals surface area contributed by atoms with Gasteiger partial charge in [0.05, 0.1) is 18.1 Å². The molecule has 25 heavy (non-hydrogen) atoms. The highest BCUT2D eigenvalue weighted by Gasteiger charge is 2.30. The van der Waals surface area contributed by atoms with Crippen molar-refractivity contribution in [2.24, 2.45) is 5.73 Å². The van der Waals surface area contributed by atoms with Gasteiger partial charge in [0.2, 0.25) is 10.0 Å². The van der Waals surface area contributed by atoms with Crippen LogP contribution in [0.2, 0.25) is 0 Å². The molecule has 0 saturated carbocycles. The number of carbonyl (C=O) groups is 2. The summed E-state index contributed by atoms with van der Waals surface area (Å²) in [5.74, 6) is -1.06. The third-order valence-electron chi connectivity index (χ3n) is 3.71. The number of ether oxygens (including phenoxy) is 2. The molecule has 4 N–H and O–H groups in total. The van der Waals surface area contributed by atoms with Crippen LogP contribution in [-0.4, -0.2) is 52.7 Å². The van der Waals surface area contributed by atoms with Crippen LogP contribution in [-0.2, 0) is 29.1 Å². The zero-order valence-corrected chi connectivity index (χ0v) is 14.5. The van der Waals surface area contributed by atoms with Crippen molar-refractivity contribution < 1.29 is 27.5 Å². The van der Waals surface area contributed by atoms with E-state index in [2.05, 4.69) is 14.8 Å². The molecule has 2 atom stereocenters. The highest BCUT2D eigenvalue weighted by atomic mass is 32.2. The van der Waals surface area contributed by atoms with E-state index < -0.39 is 28.6 Å². The molecule has 0 unspecified atom stereocenters. The average Bonchev–Trinajstić information content (AvgIpc) is 3.09. The molecule has 1 aliphatic heterocycles. The molecule has 10 heteroatoms. The molecule has 1 heterocycles. The van der Waals surface area contributed by atoms with Crippen molar-refractivity contribution in [1.29, 1.82) is 0 Å². The third-order valence-corrected chi connectivity index (χ3v) is 5.11. The monoisotopic (exact) mass is 371 g/mol. The quantitative estimate of drug-likeness (QED) is 0.554. The molecule has 1 aromatic rings. The molecule has 0 radical (unpaired) electrons. The molecule has 0 spiro atoms. The minimum Gasteiger partial charge on any atom is -0.468 e. The number of esters is 1. The first-order valence-electron chi connectivity index (χ1n) is 7.68. The normalized spacial score (nSPS) is 20.2. The van der Waals surface area contributed by atoms with Gasteiger partial charge in [-0.15, -0.1) is 0 Å². The summed E-state index contributed by atoms with van der Waals surface area (Å²) in [4.78, 5) is 23.2. The topological polar surface area (TPSA) is 137 Å². The van der Waals surface area contributed by atoms with Crippen LogP contribution < -0.4 is 15.8 Å². The largest absolute Gasteiger partial charge is 0.468 e. The molecular formula is C15H21N3O6S. The van der Waals surface area contributed by atoms with Crippen LogP contribution in [0.25, 0.3) is 0 Å². The number of benzene rings is 1. The highest BCUT2D eigenvalue weighted by Crippen LogP contribution is 2.21. The molecule has 1 aliphatic rings. The van der Waals surface area contributed by atoms with Gasteiger partial charge in [-0.2, -0.15) is 4.72 Å². The first-order chi connectivity index (χ1) is 11.9. The van der Waals surface area contributed by atoms with Gasteiger partial charge in [0.25, 0.3) is 5.91 Å². The van der Waals surface area contributed by atoms with E-state index in [9.17, 15) is 18.0 Å². The van der Waals surface area contributed by atoms with Crippen molar-refractivity contribution in [3.63, 3.8) is 0 Å². The summed E-state index contributed by atoms with van der Waals surface area (Å²) in [5.41, 5.74) is 5.82. The van der Waals surface area contributed by atoms with Crippen LogP contribution in [0, 0.1) is 0 Å². The molecule has 1 saturated heterocycles. The van der Waals surface area contributed by atoms with Crippen LogP contribution in [0.1, 0.15) is 12.8 Å². The molecular weight excluding hydrogens is 350 g/mol. The minimum absolute atomic E-state index is 0.0821. The van der Waals surface area contributed by atoms with Crippen molar-refractivity contribution >= 4 is 27.6 Å². The van der Waals surface area contributed by atoms with Crippen LogP contribution in [0.5, 0.6) is 0 Å². The summed E-state index contributed by atoms with van der Waals surface area (Å²) in [6.07, 6.45) is 0.531. The number of nitrogens with two attached hydrogens (primary N) is 1. The molecule has 0 bridgehead atoms. The molecule has 9 nitrogen and oxygen atoms in total. The average molecular weight is 371 g/mol. The lowest BCUT2D eigenvalue weighted by Gasteiger charge is -2.13. The summed E-state index contributed by atoms with van der Waals surface area (Å²) >= 11 is 0. The number of amides is 1. The second kappa shape index (κ2) is 8.39. The number of hydrogen-bond donors (Lipinski definition) is 3. The molecule has 2 rings (SSSR count). The smallest absolute Gasteiger partial charge is 0.320 e. The summed E-state index contributed by atoms with van der Waals surface area (Å²) in [7, 11) is -2.75. The zero-order valence-electron chi connectivity index (χ0n) is 13.7. The SMILES string of the molecule is COC(=O)CNS(=O)(=O)c1cccc(NC(=O)[C@@H]2CC[C@H](CN)O2)c1. The fourth-order valence-corrected chi connectivity index (χ4v) is 3.36. The van der Waals surface area contributed by atoms with E-state index in [-0.39, 0.29) is 16.9 Å². The second-order valence-corrected chi connectivity index (χ2v) is 7.24. The van der Waals surface area contributed by atoms with Gasteiger partial charge in [0.15, 0.2) is 0 Å². The van der Waals surface area contributed by atoms with Crippen molar-refractivity contribution in [3.05, 3.63) is 24.3 Å². The predicted octanol–water partition coefficient (Wildman–Crippen LogP) is -0.417. The molecule has 0 aromatic heterocycles. The van der Waals surface area contributed by atoms with E-state index in [1.165, 1.54) is 18.2 Å². The number of hydrogen-bond acceptors (Lipinski definition) is 7. The van der Waals surface area contributed by atoms with Gasteiger partial charge in [0.1, 0.15) is 12.6 Å². The number of anilines is 1. The standard InChI is InChI=1S/C15H21N3O6S/c1-23-14(19)9-17-25(21,22)12-4-2-3-10(7-12)18-15(20)13-6-5-11(8-16)24-13/h2-4,7,11,13,17H,5-6,8-9,16H2,1H3,(H,18,20)/t11-,13+/m1/s1. The lowest BCUT2D eigenvalue weighted by Crippen LogP contribution is -2.31. The number of rotatable bonds is 7. The maximum atomic E-state index is 12.2. The highest BCUT2D eigenvalue weighted by molar-refractivity contribution is 7.89. The van der Waals surface area contributed by atoms with E-state index in [0.717, 1.165) is 7.11 Å². The maximum Gasteiger partial charge on any atom is 0.320 e. The van der Waals surface area contributed by atoms with Gasteiger partial charge in [-0.1, -0.05) is 6.07 Å². The number of nitrogens with one attached hydrogen (secondary N) is 2. The van der Waals surface area contributed by atoms with Crippen LogP contribution in [0.3, 0.4) is 0 Å². The van der Waals surface area contributed by atoms with Gasteiger partial charge in [-0.3, -0.25) is 9.59 Å². The Morgan fingerprint density at radius 2 is 2.12 bits per heavy atom. The van der Waals surface area contributed by atoms with Gasteiger partial charge in [-0.05, 0) is 31.0 Å². The summed E-state index contributed by atoms with van der Waals surface area (Å²) in [5, 5.41) is 2.63. The Labute approximate surface area is 145 Å². The van der Waals surface area contributed by atoms with Crippen LogP contribution >= 0.6 is 0 Å². The third kappa shape index (κ3) is 5.23. The minimum atomic E-state index is -3.91. The molecule has 1 amide bonds. The molecule has 1 aromatic carbocycles. The first-order valence-corrected chi connectivity index (χ1v) is 9.17. The van der Waals surface area contributed by atoms with Gasteiger partial charge in [-0.25, -0.2) is 8.42 Å². The van der Waals surface area contributed by atoms with Gasteiger partial charge >= 0.3 is 5.97 Å². The molecule has 0 aliphatic carbocycles. The van der Waals surface area contributed by atoms with E-state index in [1.54, 1.807) is 6.07 Å². The molecule has 1 fully saturated rings. The Kier molecular flexibility index (Phi) is 6.48. The first kappa shape index (κ1) is 19.3. The number of sulfonamides is 1. The van der Waals surface area contributed by atoms with Crippen molar-refractivity contribution in [3.8, 4) is 0 Å². The van der Waals surface area contributed by atoms with E-state index in [0.29, 0.717) is 25.1 Å². The maximum absolute atomic E-state index is 12.2. The Morgan fingerprint density at radius 1 is 1.36 bits per heavy atom. The van der Waals surface area contributed by atoms with Crippen LogP contribution in [0.15, 0.2) is 29.2 Å². The number of methoxy groups -OCH3 is 1. The van der Waals surface area contributed by atoms with E-state index in [1.807, 2.05) is 0 Å². The summed E-state index contributed by atoms with van der Waals surface area (Å²) in [6, 6.07) is 5.70. The lowest BCUT2D eigenvalue weighted by molar-refractivity contribution is -0.139. The van der Waals surface area contributed by atoms with Crippen molar-refractivity contribution in [2.75, 3.05) is 25.5 Å². The van der Waals surface area contributed by atoms with Gasteiger partial charge < -0.3 is 20.5 Å². The van der Waals surface area contributed by atoms with E-state index >= 15 is 0 Å². The Hall–Kier alpha value is -2.01. The fraction of sp³-hybridized carbons (Fsp3) is 0.467. The Balaban J connectivity index is 2.03. The van der Waals surface area contributed by atoms with Crippen molar-refractivity contribution in [2.45, 2.75) is 29.9 Å². The fourth-order valence-electron chi connectivity index (χ4n) is 2.35. The van der Waals surface area contributed by atoms with Crippen molar-refractivity contribution in [1.82, 2.24) is 4.72 Å². The predicted molar refractivity (Wildman–Crippen MR) is 89.2 cm³/mol. The second-order valence-electron chi connectivity index (χ2n) is 5.48.